The van der Waals surface area contributed by atoms with Crippen LogP contribution in [0.5, 0.6) is 0 Å². The number of hydrogen-bond donors (Lipinski definition) is 2. The van der Waals surface area contributed by atoms with Gasteiger partial charge in [0.05, 0.1) is 6.04 Å². The van der Waals surface area contributed by atoms with Gasteiger partial charge in [-0.3, -0.25) is 19.3 Å². The van der Waals surface area contributed by atoms with Gasteiger partial charge in [-0.05, 0) is 6.42 Å². The minimum absolute atomic E-state index is 0.0995. The topological polar surface area (TPSA) is 80.5 Å². The molecular weight excluding hydrogens is 296 g/mol. The molecule has 2 amide bonds. The van der Waals surface area contributed by atoms with Gasteiger partial charge in [0.15, 0.2) is 0 Å². The molecule has 1 heterocycles. The Hall–Kier alpha value is -0.530. The summed E-state index contributed by atoms with van der Waals surface area (Å²) in [5, 5.41) is -0.883. The molecule has 0 aromatic heterocycles. The summed E-state index contributed by atoms with van der Waals surface area (Å²) in [4.78, 5) is 36.9. The number of thiol groups is 1. The highest BCUT2D eigenvalue weighted by Crippen LogP contribution is 2.26. The van der Waals surface area contributed by atoms with Gasteiger partial charge in [-0.1, -0.05) is 37.9 Å². The Morgan fingerprint density at radius 3 is 2.75 bits per heavy atom. The quantitative estimate of drug-likeness (QED) is 0.399. The van der Waals surface area contributed by atoms with Crippen molar-refractivity contribution in [2.24, 2.45) is 5.73 Å². The average Bonchev–Trinajstić information content (AvgIpc) is 2.69. The second-order valence-electron chi connectivity index (χ2n) is 4.86. The van der Waals surface area contributed by atoms with E-state index in [4.69, 9.17) is 5.73 Å². The molecule has 0 bridgehead atoms. The van der Waals surface area contributed by atoms with Crippen molar-refractivity contribution in [3.63, 3.8) is 0 Å². The van der Waals surface area contributed by atoms with Crippen molar-refractivity contribution in [3.05, 3.63) is 0 Å². The van der Waals surface area contributed by atoms with E-state index < -0.39 is 11.3 Å². The summed E-state index contributed by atoms with van der Waals surface area (Å²) in [5.74, 6) is -0.200. The van der Waals surface area contributed by atoms with Gasteiger partial charge in [0.25, 0.3) is 0 Å². The normalized spacial score (nSPS) is 20.6. The van der Waals surface area contributed by atoms with Crippen LogP contribution in [0.4, 0.5) is 0 Å². The Morgan fingerprint density at radius 2 is 2.15 bits per heavy atom. The van der Waals surface area contributed by atoms with Crippen LogP contribution in [0, 0.1) is 0 Å². The average molecular weight is 318 g/mol. The van der Waals surface area contributed by atoms with Crippen LogP contribution in [0.2, 0.25) is 0 Å². The molecule has 114 valence electrons. The van der Waals surface area contributed by atoms with Crippen molar-refractivity contribution in [2.45, 2.75) is 50.3 Å². The molecular formula is C13H22N2O3S2. The Kier molecular flexibility index (Phi) is 7.61. The molecule has 5 nitrogen and oxygen atoms in total. The maximum atomic E-state index is 12.1. The van der Waals surface area contributed by atoms with Crippen molar-refractivity contribution >= 4 is 41.3 Å². The first kappa shape index (κ1) is 17.5. The van der Waals surface area contributed by atoms with Gasteiger partial charge in [-0.15, -0.1) is 0 Å². The number of nitrogens with two attached hydrogens (primary N) is 1. The molecule has 7 heteroatoms. The fourth-order valence-electron chi connectivity index (χ4n) is 1.98. The molecule has 0 aromatic rings. The van der Waals surface area contributed by atoms with Crippen molar-refractivity contribution in [1.82, 2.24) is 4.90 Å². The van der Waals surface area contributed by atoms with E-state index in [1.165, 1.54) is 4.90 Å². The second kappa shape index (κ2) is 8.69. The number of unbranched alkanes of at least 4 members (excludes halogenated alkanes) is 3. The third-order valence-corrected chi connectivity index (χ3v) is 4.78. The first-order valence-corrected chi connectivity index (χ1v) is 8.43. The number of amides is 2. The molecule has 20 heavy (non-hydrogen) atoms. The van der Waals surface area contributed by atoms with E-state index in [0.717, 1.165) is 37.4 Å². The van der Waals surface area contributed by atoms with Gasteiger partial charge in [-0.2, -0.15) is 12.6 Å². The molecule has 1 saturated heterocycles. The third kappa shape index (κ3) is 4.79. The van der Waals surface area contributed by atoms with E-state index in [1.54, 1.807) is 0 Å². The van der Waals surface area contributed by atoms with Crippen molar-refractivity contribution < 1.29 is 14.4 Å². The van der Waals surface area contributed by atoms with Crippen LogP contribution in [0.25, 0.3) is 0 Å². The van der Waals surface area contributed by atoms with Gasteiger partial charge < -0.3 is 5.73 Å². The lowest BCUT2D eigenvalue weighted by atomic mass is 10.2. The maximum Gasteiger partial charge on any atom is 0.243 e. The van der Waals surface area contributed by atoms with Gasteiger partial charge in [-0.25, -0.2) is 0 Å². The number of likely N-dealkylation sites (tertiary alicyclic amines) is 1. The Morgan fingerprint density at radius 1 is 1.45 bits per heavy atom. The number of nitrogens with zero attached hydrogens (tertiary/aromatic N) is 1. The number of imide groups is 1. The highest BCUT2D eigenvalue weighted by atomic mass is 32.2. The van der Waals surface area contributed by atoms with E-state index in [1.807, 2.05) is 0 Å². The molecule has 0 radical (unpaired) electrons. The number of rotatable bonds is 8. The monoisotopic (exact) mass is 318 g/mol. The first-order valence-electron chi connectivity index (χ1n) is 6.92. The number of carbonyl (C=O) groups is 3. The van der Waals surface area contributed by atoms with Crippen LogP contribution < -0.4 is 5.73 Å². The van der Waals surface area contributed by atoms with E-state index in [-0.39, 0.29) is 29.1 Å². The lowest BCUT2D eigenvalue weighted by molar-refractivity contribution is -0.138. The van der Waals surface area contributed by atoms with Crippen LogP contribution in [0.3, 0.4) is 0 Å². The lowest BCUT2D eigenvalue weighted by Gasteiger charge is -2.14. The predicted molar refractivity (Wildman–Crippen MR) is 83.7 cm³/mol. The van der Waals surface area contributed by atoms with Crippen LogP contribution >= 0.6 is 24.4 Å². The fourth-order valence-corrected chi connectivity index (χ4v) is 3.26. The van der Waals surface area contributed by atoms with Gasteiger partial charge in [0.1, 0.15) is 5.25 Å². The summed E-state index contributed by atoms with van der Waals surface area (Å²) in [7, 11) is 0. The standard InChI is InChI=1S/C13H22N2O3S2/c1-2-3-4-5-6-15-11(16)7-10(12(15)17)20-13(18)9(14)8-19/h9-10,19H,2-8,14H2,1H3/t9-,10?/m0/s1. The smallest absolute Gasteiger partial charge is 0.243 e. The molecule has 0 aromatic carbocycles. The summed E-state index contributed by atoms with van der Waals surface area (Å²) < 4.78 is 0. The summed E-state index contributed by atoms with van der Waals surface area (Å²) >= 11 is 4.83. The van der Waals surface area contributed by atoms with Crippen molar-refractivity contribution in [2.75, 3.05) is 12.3 Å². The van der Waals surface area contributed by atoms with E-state index in [0.29, 0.717) is 6.54 Å². The Labute approximate surface area is 129 Å². The minimum Gasteiger partial charge on any atom is -0.320 e. The summed E-state index contributed by atoms with van der Waals surface area (Å²) in [6.45, 7) is 2.57. The largest absolute Gasteiger partial charge is 0.320 e. The Balaban J connectivity index is 2.47. The number of carbonyl (C=O) groups excluding carboxylic acids is 3. The predicted octanol–water partition coefficient (Wildman–Crippen LogP) is 1.21. The molecule has 0 aliphatic carbocycles. The molecule has 1 unspecified atom stereocenters. The van der Waals surface area contributed by atoms with Crippen LogP contribution in [-0.4, -0.2) is 45.4 Å². The van der Waals surface area contributed by atoms with Gasteiger partial charge in [0.2, 0.25) is 16.9 Å². The molecule has 2 N–H and O–H groups in total. The summed E-state index contributed by atoms with van der Waals surface area (Å²) in [6.07, 6.45) is 4.14. The fraction of sp³-hybridized carbons (Fsp3) is 0.769. The zero-order valence-corrected chi connectivity index (χ0v) is 13.4. The van der Waals surface area contributed by atoms with Gasteiger partial charge in [0, 0.05) is 18.7 Å². The molecule has 0 saturated carbocycles. The highest BCUT2D eigenvalue weighted by Gasteiger charge is 2.40. The van der Waals surface area contributed by atoms with Crippen molar-refractivity contribution in [3.8, 4) is 0 Å². The Bertz CT molecular complexity index is 377. The number of thioether (sulfide) groups is 1. The number of hydrogen-bond acceptors (Lipinski definition) is 6. The molecule has 1 aliphatic rings. The SMILES string of the molecule is CCCCCCN1C(=O)CC(SC(=O)[C@@H](N)CS)C1=O. The van der Waals surface area contributed by atoms with E-state index in [9.17, 15) is 14.4 Å². The minimum atomic E-state index is -0.690. The van der Waals surface area contributed by atoms with Crippen LogP contribution in [0.1, 0.15) is 39.0 Å². The van der Waals surface area contributed by atoms with E-state index >= 15 is 0 Å². The first-order chi connectivity index (χ1) is 9.51. The van der Waals surface area contributed by atoms with Gasteiger partial charge >= 0.3 is 0 Å². The molecule has 2 atom stereocenters. The van der Waals surface area contributed by atoms with Crippen LogP contribution in [0.15, 0.2) is 0 Å². The second-order valence-corrected chi connectivity index (χ2v) is 6.44. The molecule has 1 aliphatic heterocycles. The molecule has 0 spiro atoms. The lowest BCUT2D eigenvalue weighted by Crippen LogP contribution is -2.35. The van der Waals surface area contributed by atoms with E-state index in [2.05, 4.69) is 19.6 Å². The zero-order chi connectivity index (χ0) is 15.1. The molecule has 1 fully saturated rings. The summed E-state index contributed by atoms with van der Waals surface area (Å²) in [6, 6.07) is -0.690. The maximum absolute atomic E-state index is 12.1. The molecule has 1 rings (SSSR count). The summed E-state index contributed by atoms with van der Waals surface area (Å²) in [5.41, 5.74) is 5.57. The highest BCUT2D eigenvalue weighted by molar-refractivity contribution is 8.15. The van der Waals surface area contributed by atoms with Crippen molar-refractivity contribution in [1.29, 1.82) is 0 Å². The third-order valence-electron chi connectivity index (χ3n) is 3.20. The zero-order valence-electron chi connectivity index (χ0n) is 11.7. The van der Waals surface area contributed by atoms with Crippen LogP contribution in [-0.2, 0) is 14.4 Å².